The van der Waals surface area contributed by atoms with Crippen molar-refractivity contribution in [3.63, 3.8) is 0 Å². The molecule has 0 aliphatic heterocycles. The van der Waals surface area contributed by atoms with Gasteiger partial charge in [0.1, 0.15) is 0 Å². The molecule has 9 rings (SSSR count). The van der Waals surface area contributed by atoms with Gasteiger partial charge in [-0.25, -0.2) is 0 Å². The third-order valence-corrected chi connectivity index (χ3v) is 12.9. The normalized spacial score (nSPS) is 15.1. The Balaban J connectivity index is 0.000000134. The smallest absolute Gasteiger partial charge is 0.0423 e. The molecular formula is C58H64. The molecule has 0 spiro atoms. The van der Waals surface area contributed by atoms with Crippen molar-refractivity contribution in [1.29, 1.82) is 0 Å². The van der Waals surface area contributed by atoms with Crippen LogP contribution >= 0.6 is 0 Å². The van der Waals surface area contributed by atoms with E-state index in [1.807, 2.05) is 0 Å². The highest BCUT2D eigenvalue weighted by molar-refractivity contribution is 5.49. The van der Waals surface area contributed by atoms with Crippen molar-refractivity contribution in [2.24, 2.45) is 0 Å². The van der Waals surface area contributed by atoms with E-state index in [0.29, 0.717) is 10.8 Å². The molecule has 7 aromatic carbocycles. The van der Waals surface area contributed by atoms with Crippen LogP contribution in [0.1, 0.15) is 119 Å². The maximum absolute atomic E-state index is 2.42. The van der Waals surface area contributed by atoms with Crippen molar-refractivity contribution >= 4 is 0 Å². The van der Waals surface area contributed by atoms with Gasteiger partial charge in [0.25, 0.3) is 0 Å². The van der Waals surface area contributed by atoms with Gasteiger partial charge in [0.2, 0.25) is 0 Å². The largest absolute Gasteiger partial charge is 0.0622 e. The van der Waals surface area contributed by atoms with Crippen molar-refractivity contribution in [2.45, 2.75) is 101 Å². The fourth-order valence-corrected chi connectivity index (χ4v) is 8.47. The van der Waals surface area contributed by atoms with Gasteiger partial charge in [-0.1, -0.05) is 259 Å². The Morgan fingerprint density at radius 3 is 0.810 bits per heavy atom. The number of rotatable bonds is 7. The van der Waals surface area contributed by atoms with E-state index in [9.17, 15) is 0 Å². The van der Waals surface area contributed by atoms with Crippen LogP contribution < -0.4 is 0 Å². The zero-order valence-corrected chi connectivity index (χ0v) is 35.7. The molecule has 0 aromatic heterocycles. The first-order chi connectivity index (χ1) is 28.2. The van der Waals surface area contributed by atoms with Crippen LogP contribution in [0.3, 0.4) is 0 Å². The molecule has 2 aliphatic carbocycles. The lowest BCUT2D eigenvalue weighted by Crippen LogP contribution is -2.25. The molecule has 0 heterocycles. The second kappa shape index (κ2) is 19.8. The average molecular weight is 761 g/mol. The van der Waals surface area contributed by atoms with Crippen LogP contribution in [-0.2, 0) is 21.7 Å². The summed E-state index contributed by atoms with van der Waals surface area (Å²) in [5.74, 6) is 0. The molecule has 0 heteroatoms. The molecule has 0 bridgehead atoms. The van der Waals surface area contributed by atoms with Gasteiger partial charge < -0.3 is 0 Å². The number of benzene rings is 7. The van der Waals surface area contributed by atoms with Crippen molar-refractivity contribution in [2.75, 3.05) is 0 Å². The molecule has 0 atom stereocenters. The van der Waals surface area contributed by atoms with E-state index in [1.165, 1.54) is 83.9 Å². The van der Waals surface area contributed by atoms with E-state index in [1.54, 1.807) is 0 Å². The zero-order chi connectivity index (χ0) is 40.7. The molecule has 7 aromatic rings. The van der Waals surface area contributed by atoms with E-state index < -0.39 is 0 Å². The minimum Gasteiger partial charge on any atom is -0.0622 e. The topological polar surface area (TPSA) is 0 Å². The third kappa shape index (κ3) is 10.7. The maximum atomic E-state index is 2.42. The summed E-state index contributed by atoms with van der Waals surface area (Å²) in [6, 6.07) is 75.2. The molecule has 0 saturated heterocycles. The molecule has 58 heavy (non-hydrogen) atoms. The summed E-state index contributed by atoms with van der Waals surface area (Å²) in [6.45, 7) is 11.6. The fraction of sp³-hybridized carbons (Fsp3) is 0.276. The van der Waals surface area contributed by atoms with Crippen molar-refractivity contribution in [3.05, 3.63) is 251 Å². The van der Waals surface area contributed by atoms with Crippen LogP contribution in [-0.4, -0.2) is 0 Å². The van der Waals surface area contributed by atoms with Gasteiger partial charge in [-0.3, -0.25) is 0 Å². The highest BCUT2D eigenvalue weighted by atomic mass is 14.4. The lowest BCUT2D eigenvalue weighted by atomic mass is 9.71. The van der Waals surface area contributed by atoms with Crippen molar-refractivity contribution in [3.8, 4) is 0 Å². The van der Waals surface area contributed by atoms with Crippen molar-refractivity contribution in [1.82, 2.24) is 0 Å². The zero-order valence-electron chi connectivity index (χ0n) is 35.7. The van der Waals surface area contributed by atoms with Crippen LogP contribution in [0.2, 0.25) is 0 Å². The summed E-state index contributed by atoms with van der Waals surface area (Å²) < 4.78 is 0. The van der Waals surface area contributed by atoms with E-state index in [-0.39, 0.29) is 10.8 Å². The Hall–Kier alpha value is -5.46. The predicted octanol–water partition coefficient (Wildman–Crippen LogP) is 15.7. The first kappa shape index (κ1) is 42.2. The SMILES string of the molecule is CC(C)(c1ccccc1)c1ccccc1.CC(c1ccccc1)(c1ccccc1)c1ccccc1.CC1(c2ccccc2)CC1.CC1(c2ccccc2)CCCCC1. The molecule has 0 radical (unpaired) electrons. The van der Waals surface area contributed by atoms with Crippen LogP contribution in [0.25, 0.3) is 0 Å². The quantitative estimate of drug-likeness (QED) is 0.142. The van der Waals surface area contributed by atoms with Gasteiger partial charge in [-0.2, -0.15) is 0 Å². The van der Waals surface area contributed by atoms with Gasteiger partial charge in [0, 0.05) is 10.8 Å². The average Bonchev–Trinajstić information content (AvgIpc) is 4.07. The van der Waals surface area contributed by atoms with E-state index in [4.69, 9.17) is 0 Å². The lowest BCUT2D eigenvalue weighted by molar-refractivity contribution is 0.319. The van der Waals surface area contributed by atoms with Crippen molar-refractivity contribution < 1.29 is 0 Å². The van der Waals surface area contributed by atoms with Crippen LogP contribution in [0, 0.1) is 0 Å². The van der Waals surface area contributed by atoms with Gasteiger partial charge in [0.05, 0.1) is 0 Å². The molecule has 2 aliphatic rings. The highest BCUT2D eigenvalue weighted by Crippen LogP contribution is 2.47. The molecular weight excluding hydrogens is 697 g/mol. The second-order valence-corrected chi connectivity index (χ2v) is 17.5. The first-order valence-electron chi connectivity index (χ1n) is 21.5. The Bertz CT molecular complexity index is 2020. The standard InChI is InChI=1S/C20H18.C15H16.C13H18.C10H12/c1-20(17-11-5-2-6-12-17,18-13-7-3-8-14-18)19-15-9-4-10-16-19;1-15(2,13-9-5-3-6-10-13)14-11-7-4-8-12-14;1-13(10-6-3-7-11-13)12-8-4-2-5-9-12;1-10(7-8-10)9-5-3-2-4-6-9/h2-16H,1H3;3-12H,1-2H3;2,4-5,8-9H,3,6-7,10-11H2,1H3;2-6H,7-8H2,1H3. The Morgan fingerprint density at radius 1 is 0.293 bits per heavy atom. The second-order valence-electron chi connectivity index (χ2n) is 17.5. The van der Waals surface area contributed by atoms with E-state index in [2.05, 4.69) is 247 Å². The van der Waals surface area contributed by atoms with Gasteiger partial charge >= 0.3 is 0 Å². The number of hydrogen-bond donors (Lipinski definition) is 0. The molecule has 0 N–H and O–H groups in total. The summed E-state index contributed by atoms with van der Waals surface area (Å²) in [6.07, 6.45) is 9.74. The van der Waals surface area contributed by atoms with Crippen LogP contribution in [0.4, 0.5) is 0 Å². The molecule has 296 valence electrons. The first-order valence-corrected chi connectivity index (χ1v) is 21.5. The van der Waals surface area contributed by atoms with E-state index >= 15 is 0 Å². The van der Waals surface area contributed by atoms with Gasteiger partial charge in [0.15, 0.2) is 0 Å². The van der Waals surface area contributed by atoms with Gasteiger partial charge in [-0.05, 0) is 82.4 Å². The minimum atomic E-state index is -0.121. The molecule has 2 saturated carbocycles. The summed E-state index contributed by atoms with van der Waals surface area (Å²) in [4.78, 5) is 0. The fourth-order valence-electron chi connectivity index (χ4n) is 8.47. The number of hydrogen-bond acceptors (Lipinski definition) is 0. The Labute approximate surface area is 351 Å². The summed E-state index contributed by atoms with van der Waals surface area (Å²) in [5, 5.41) is 0. The third-order valence-electron chi connectivity index (χ3n) is 12.9. The molecule has 0 amide bonds. The summed E-state index contributed by atoms with van der Waals surface area (Å²) >= 11 is 0. The van der Waals surface area contributed by atoms with Crippen LogP contribution in [0.15, 0.2) is 212 Å². The molecule has 0 unspecified atom stereocenters. The highest BCUT2D eigenvalue weighted by Gasteiger charge is 2.38. The lowest BCUT2D eigenvalue weighted by Gasteiger charge is -2.34. The minimum absolute atomic E-state index is 0.0858. The monoisotopic (exact) mass is 761 g/mol. The molecule has 0 nitrogen and oxygen atoms in total. The Morgan fingerprint density at radius 2 is 0.534 bits per heavy atom. The summed E-state index contributed by atoms with van der Waals surface area (Å²) in [7, 11) is 0. The van der Waals surface area contributed by atoms with Crippen LogP contribution in [0.5, 0.6) is 0 Å². The summed E-state index contributed by atoms with van der Waals surface area (Å²) in [5.41, 5.74) is 10.7. The van der Waals surface area contributed by atoms with Gasteiger partial charge in [-0.15, -0.1) is 0 Å². The Kier molecular flexibility index (Phi) is 14.4. The van der Waals surface area contributed by atoms with E-state index in [0.717, 1.165) is 0 Å². The molecule has 2 fully saturated rings. The predicted molar refractivity (Wildman–Crippen MR) is 250 cm³/mol. The maximum Gasteiger partial charge on any atom is 0.0423 e.